The lowest BCUT2D eigenvalue weighted by molar-refractivity contribution is 0.0773. The van der Waals surface area contributed by atoms with Crippen molar-refractivity contribution in [3.8, 4) is 0 Å². The van der Waals surface area contributed by atoms with Crippen LogP contribution in [0.4, 0.5) is 5.69 Å². The third-order valence-corrected chi connectivity index (χ3v) is 3.45. The van der Waals surface area contributed by atoms with Crippen molar-refractivity contribution >= 4 is 22.9 Å². The van der Waals surface area contributed by atoms with E-state index in [1.165, 1.54) is 11.3 Å². The first-order valence-electron chi connectivity index (χ1n) is 5.21. The van der Waals surface area contributed by atoms with E-state index in [0.29, 0.717) is 23.5 Å². The fraction of sp³-hybridized carbons (Fsp3) is 0.545. The number of hydrogen-bond donors (Lipinski definition) is 2. The van der Waals surface area contributed by atoms with Gasteiger partial charge in [0.05, 0.1) is 11.0 Å². The van der Waals surface area contributed by atoms with Gasteiger partial charge in [0.25, 0.3) is 5.91 Å². The van der Waals surface area contributed by atoms with Gasteiger partial charge in [-0.2, -0.15) is 0 Å². The highest BCUT2D eigenvalue weighted by Gasteiger charge is 2.15. The normalized spacial score (nSPS) is 12.5. The van der Waals surface area contributed by atoms with Crippen molar-refractivity contribution in [3.63, 3.8) is 0 Å². The number of carbonyl (C=O) groups is 1. The number of aliphatic hydroxyl groups is 1. The summed E-state index contributed by atoms with van der Waals surface area (Å²) in [6.07, 6.45) is 0.201. The summed E-state index contributed by atoms with van der Waals surface area (Å²) in [4.78, 5) is 15.2. The van der Waals surface area contributed by atoms with Gasteiger partial charge in [-0.1, -0.05) is 0 Å². The molecule has 0 aliphatic rings. The highest BCUT2D eigenvalue weighted by atomic mass is 32.1. The summed E-state index contributed by atoms with van der Waals surface area (Å²) in [5.74, 6) is -0.0366. The van der Waals surface area contributed by atoms with Gasteiger partial charge in [-0.05, 0) is 26.3 Å². The average molecular weight is 242 g/mol. The summed E-state index contributed by atoms with van der Waals surface area (Å²) >= 11 is 1.41. The summed E-state index contributed by atoms with van der Waals surface area (Å²) in [6.45, 7) is 4.16. The van der Waals surface area contributed by atoms with E-state index in [4.69, 9.17) is 10.8 Å². The molecular formula is C11H18N2O2S. The van der Waals surface area contributed by atoms with Crippen LogP contribution < -0.4 is 5.73 Å². The first-order valence-corrected chi connectivity index (χ1v) is 6.03. The van der Waals surface area contributed by atoms with Crippen molar-refractivity contribution in [1.29, 1.82) is 0 Å². The number of amides is 1. The number of carbonyl (C=O) groups excluding carboxylic acids is 1. The smallest absolute Gasteiger partial charge is 0.263 e. The molecule has 1 atom stereocenters. The van der Waals surface area contributed by atoms with Crippen LogP contribution in [0.3, 0.4) is 0 Å². The van der Waals surface area contributed by atoms with Crippen molar-refractivity contribution in [2.45, 2.75) is 26.4 Å². The van der Waals surface area contributed by atoms with E-state index in [1.54, 1.807) is 24.9 Å². The van der Waals surface area contributed by atoms with Crippen molar-refractivity contribution in [2.24, 2.45) is 0 Å². The molecule has 90 valence electrons. The quantitative estimate of drug-likeness (QED) is 0.840. The third kappa shape index (κ3) is 3.21. The Hall–Kier alpha value is -1.07. The first-order chi connectivity index (χ1) is 7.41. The summed E-state index contributed by atoms with van der Waals surface area (Å²) in [5, 5.41) is 9.15. The molecule has 1 amide bonds. The van der Waals surface area contributed by atoms with Gasteiger partial charge in [0.1, 0.15) is 0 Å². The first kappa shape index (κ1) is 13.0. The number of rotatable bonds is 4. The number of nitrogens with two attached hydrogens (primary N) is 1. The molecule has 1 rings (SSSR count). The van der Waals surface area contributed by atoms with E-state index >= 15 is 0 Å². The maximum Gasteiger partial charge on any atom is 0.263 e. The lowest BCUT2D eigenvalue weighted by atomic mass is 10.2. The monoisotopic (exact) mass is 242 g/mol. The summed E-state index contributed by atoms with van der Waals surface area (Å²) in [6, 6.07) is 1.71. The maximum atomic E-state index is 11.9. The molecule has 0 radical (unpaired) electrons. The van der Waals surface area contributed by atoms with Gasteiger partial charge in [0.2, 0.25) is 0 Å². The molecule has 1 aromatic rings. The molecule has 0 spiro atoms. The topological polar surface area (TPSA) is 66.6 Å². The number of nitrogens with zero attached hydrogens (tertiary/aromatic N) is 1. The second kappa shape index (κ2) is 5.32. The summed E-state index contributed by atoms with van der Waals surface area (Å²) in [7, 11) is 1.73. The lowest BCUT2D eigenvalue weighted by Crippen LogP contribution is -2.28. The van der Waals surface area contributed by atoms with Gasteiger partial charge in [-0.25, -0.2) is 0 Å². The second-order valence-electron chi connectivity index (χ2n) is 3.99. The van der Waals surface area contributed by atoms with Crippen LogP contribution in [-0.4, -0.2) is 35.6 Å². The fourth-order valence-corrected chi connectivity index (χ4v) is 2.21. The molecule has 0 bridgehead atoms. The summed E-state index contributed by atoms with van der Waals surface area (Å²) in [5.41, 5.74) is 6.36. The molecule has 0 fully saturated rings. The van der Waals surface area contributed by atoms with E-state index in [9.17, 15) is 4.79 Å². The number of thiophene rings is 1. The highest BCUT2D eigenvalue weighted by molar-refractivity contribution is 7.14. The van der Waals surface area contributed by atoms with E-state index in [0.717, 1.165) is 4.88 Å². The number of aryl methyl sites for hydroxylation is 1. The molecule has 3 N–H and O–H groups in total. The highest BCUT2D eigenvalue weighted by Crippen LogP contribution is 2.24. The Labute approximate surface area is 99.7 Å². The third-order valence-electron chi connectivity index (χ3n) is 2.40. The zero-order chi connectivity index (χ0) is 12.3. The van der Waals surface area contributed by atoms with Crippen LogP contribution in [-0.2, 0) is 0 Å². The molecule has 5 heteroatoms. The van der Waals surface area contributed by atoms with Gasteiger partial charge in [-0.15, -0.1) is 11.3 Å². The SMILES string of the molecule is Cc1sc(C(=O)N(C)CCC(C)O)cc1N. The van der Waals surface area contributed by atoms with Crippen LogP contribution in [0.15, 0.2) is 6.07 Å². The van der Waals surface area contributed by atoms with Gasteiger partial charge < -0.3 is 15.7 Å². The van der Waals surface area contributed by atoms with Crippen molar-refractivity contribution in [2.75, 3.05) is 19.3 Å². The Morgan fingerprint density at radius 2 is 2.31 bits per heavy atom. The van der Waals surface area contributed by atoms with Gasteiger partial charge in [0, 0.05) is 24.2 Å². The molecule has 1 unspecified atom stereocenters. The van der Waals surface area contributed by atoms with Crippen LogP contribution in [0.25, 0.3) is 0 Å². The van der Waals surface area contributed by atoms with Crippen LogP contribution in [0.2, 0.25) is 0 Å². The van der Waals surface area contributed by atoms with E-state index < -0.39 is 0 Å². The molecular weight excluding hydrogens is 224 g/mol. The minimum Gasteiger partial charge on any atom is -0.398 e. The Morgan fingerprint density at radius 3 is 2.75 bits per heavy atom. The molecule has 0 aromatic carbocycles. The van der Waals surface area contributed by atoms with Crippen LogP contribution in [0, 0.1) is 6.92 Å². The van der Waals surface area contributed by atoms with Crippen LogP contribution >= 0.6 is 11.3 Å². The van der Waals surface area contributed by atoms with Crippen LogP contribution in [0.5, 0.6) is 0 Å². The number of aliphatic hydroxyl groups excluding tert-OH is 1. The molecule has 1 aromatic heterocycles. The van der Waals surface area contributed by atoms with E-state index in [2.05, 4.69) is 0 Å². The van der Waals surface area contributed by atoms with Crippen LogP contribution in [0.1, 0.15) is 27.9 Å². The minimum atomic E-state index is -0.384. The standard InChI is InChI=1S/C11H18N2O2S/c1-7(14)4-5-13(3)11(15)10-6-9(12)8(2)16-10/h6-7,14H,4-5,12H2,1-3H3. The van der Waals surface area contributed by atoms with Gasteiger partial charge in [0.15, 0.2) is 0 Å². The molecule has 1 heterocycles. The predicted molar refractivity (Wildman–Crippen MR) is 66.7 cm³/mol. The second-order valence-corrected chi connectivity index (χ2v) is 5.24. The van der Waals surface area contributed by atoms with Crippen molar-refractivity contribution < 1.29 is 9.90 Å². The zero-order valence-electron chi connectivity index (χ0n) is 9.86. The Morgan fingerprint density at radius 1 is 1.69 bits per heavy atom. The predicted octanol–water partition coefficient (Wildman–Crippen LogP) is 1.48. The summed E-state index contributed by atoms with van der Waals surface area (Å²) < 4.78 is 0. The Balaban J connectivity index is 2.63. The maximum absolute atomic E-state index is 11.9. The zero-order valence-corrected chi connectivity index (χ0v) is 10.7. The number of nitrogen functional groups attached to an aromatic ring is 1. The Bertz CT molecular complexity index is 355. The number of anilines is 1. The van der Waals surface area contributed by atoms with E-state index in [1.807, 2.05) is 6.92 Å². The molecule has 0 saturated carbocycles. The van der Waals surface area contributed by atoms with Crippen molar-refractivity contribution in [3.05, 3.63) is 15.8 Å². The number of hydrogen-bond acceptors (Lipinski definition) is 4. The molecule has 0 aliphatic heterocycles. The van der Waals surface area contributed by atoms with Gasteiger partial charge in [-0.3, -0.25) is 4.79 Å². The molecule has 16 heavy (non-hydrogen) atoms. The van der Waals surface area contributed by atoms with E-state index in [-0.39, 0.29) is 12.0 Å². The average Bonchev–Trinajstić information content (AvgIpc) is 2.54. The molecule has 0 aliphatic carbocycles. The lowest BCUT2D eigenvalue weighted by Gasteiger charge is -2.16. The van der Waals surface area contributed by atoms with Crippen molar-refractivity contribution in [1.82, 2.24) is 4.90 Å². The minimum absolute atomic E-state index is 0.0366. The Kier molecular flexibility index (Phi) is 4.32. The fourth-order valence-electron chi connectivity index (χ4n) is 1.27. The largest absolute Gasteiger partial charge is 0.398 e. The molecule has 0 saturated heterocycles. The molecule has 4 nitrogen and oxygen atoms in total. The van der Waals surface area contributed by atoms with Gasteiger partial charge >= 0.3 is 0 Å².